The Labute approximate surface area is 105 Å². The number of aliphatic carboxylic acids is 1. The Morgan fingerprint density at radius 3 is 2.76 bits per heavy atom. The number of likely N-dealkylation sites (tertiary alicyclic amines) is 1. The molecule has 1 atom stereocenters. The van der Waals surface area contributed by atoms with Crippen LogP contribution in [0.5, 0.6) is 0 Å². The van der Waals surface area contributed by atoms with Crippen LogP contribution in [0.25, 0.3) is 0 Å². The van der Waals surface area contributed by atoms with Crippen LogP contribution in [0, 0.1) is 0 Å². The van der Waals surface area contributed by atoms with E-state index in [1.54, 1.807) is 0 Å². The summed E-state index contributed by atoms with van der Waals surface area (Å²) in [7, 11) is 0. The highest BCUT2D eigenvalue weighted by molar-refractivity contribution is 5.86. The molecule has 0 saturated carbocycles. The summed E-state index contributed by atoms with van der Waals surface area (Å²) in [5.74, 6) is -0.767. The van der Waals surface area contributed by atoms with Crippen molar-refractivity contribution in [2.75, 3.05) is 13.1 Å². The Kier molecular flexibility index (Phi) is 6.27. The number of carboxylic acid groups (broad SMARTS) is 1. The third-order valence-corrected chi connectivity index (χ3v) is 3.60. The fourth-order valence-electron chi connectivity index (χ4n) is 2.57. The minimum atomic E-state index is -0.767. The first-order chi connectivity index (χ1) is 8.19. The molecule has 0 amide bonds. The molecule has 1 unspecified atom stereocenters. The Balaban J connectivity index is 2.55. The minimum Gasteiger partial charge on any atom is -0.478 e. The Morgan fingerprint density at radius 2 is 2.18 bits per heavy atom. The van der Waals surface area contributed by atoms with Gasteiger partial charge in [-0.2, -0.15) is 0 Å². The van der Waals surface area contributed by atoms with Crippen molar-refractivity contribution in [1.29, 1.82) is 0 Å². The first-order valence-corrected chi connectivity index (χ1v) is 6.85. The average Bonchev–Trinajstić information content (AvgIpc) is 2.32. The van der Waals surface area contributed by atoms with Gasteiger partial charge in [0.15, 0.2) is 0 Å². The summed E-state index contributed by atoms with van der Waals surface area (Å²) >= 11 is 0. The quantitative estimate of drug-likeness (QED) is 0.724. The second kappa shape index (κ2) is 7.49. The molecule has 0 radical (unpaired) electrons. The Hall–Kier alpha value is -0.830. The second-order valence-electron chi connectivity index (χ2n) is 4.82. The predicted octanol–water partition coefficient (Wildman–Crippen LogP) is 3.06. The number of piperidine rings is 1. The van der Waals surface area contributed by atoms with Crippen molar-refractivity contribution in [2.45, 2.75) is 58.4 Å². The van der Waals surface area contributed by atoms with Gasteiger partial charge in [-0.25, -0.2) is 4.79 Å². The van der Waals surface area contributed by atoms with Crippen molar-refractivity contribution < 1.29 is 9.90 Å². The molecule has 0 aromatic carbocycles. The summed E-state index contributed by atoms with van der Waals surface area (Å²) in [5, 5.41) is 8.99. The van der Waals surface area contributed by atoms with E-state index in [1.807, 2.05) is 13.0 Å². The first-order valence-electron chi connectivity index (χ1n) is 6.85. The molecule has 17 heavy (non-hydrogen) atoms. The monoisotopic (exact) mass is 239 g/mol. The van der Waals surface area contributed by atoms with E-state index in [9.17, 15) is 4.79 Å². The van der Waals surface area contributed by atoms with Gasteiger partial charge in [-0.1, -0.05) is 32.8 Å². The molecule has 3 heteroatoms. The summed E-state index contributed by atoms with van der Waals surface area (Å²) in [6.45, 7) is 6.05. The molecule has 0 aromatic heterocycles. The van der Waals surface area contributed by atoms with Gasteiger partial charge >= 0.3 is 5.97 Å². The maximum atomic E-state index is 10.9. The maximum absolute atomic E-state index is 10.9. The zero-order valence-electron chi connectivity index (χ0n) is 11.1. The molecule has 1 saturated heterocycles. The van der Waals surface area contributed by atoms with Crippen molar-refractivity contribution in [1.82, 2.24) is 4.90 Å². The third kappa shape index (κ3) is 4.50. The van der Waals surface area contributed by atoms with Crippen molar-refractivity contribution in [3.63, 3.8) is 0 Å². The van der Waals surface area contributed by atoms with Gasteiger partial charge in [0.2, 0.25) is 0 Å². The van der Waals surface area contributed by atoms with Gasteiger partial charge in [0, 0.05) is 18.2 Å². The van der Waals surface area contributed by atoms with E-state index in [0.29, 0.717) is 18.0 Å². The van der Waals surface area contributed by atoms with E-state index in [0.717, 1.165) is 13.1 Å². The summed E-state index contributed by atoms with van der Waals surface area (Å²) in [6.07, 6.45) is 8.81. The SMILES string of the molecule is CCCC1CCCCN1C/C=C(/CC)C(=O)O. The van der Waals surface area contributed by atoms with E-state index in [4.69, 9.17) is 5.11 Å². The van der Waals surface area contributed by atoms with Crippen LogP contribution in [0.3, 0.4) is 0 Å². The molecular formula is C14H25NO2. The van der Waals surface area contributed by atoms with E-state index >= 15 is 0 Å². The van der Waals surface area contributed by atoms with Crippen LogP contribution in [0.4, 0.5) is 0 Å². The number of hydrogen-bond donors (Lipinski definition) is 1. The number of rotatable bonds is 6. The number of carboxylic acids is 1. The third-order valence-electron chi connectivity index (χ3n) is 3.60. The predicted molar refractivity (Wildman–Crippen MR) is 70.1 cm³/mol. The van der Waals surface area contributed by atoms with Crippen molar-refractivity contribution >= 4 is 5.97 Å². The van der Waals surface area contributed by atoms with Gasteiger partial charge in [0.05, 0.1) is 0 Å². The van der Waals surface area contributed by atoms with Crippen LogP contribution < -0.4 is 0 Å². The second-order valence-corrected chi connectivity index (χ2v) is 4.82. The molecule has 0 aromatic rings. The van der Waals surface area contributed by atoms with Gasteiger partial charge in [0.25, 0.3) is 0 Å². The first kappa shape index (κ1) is 14.2. The maximum Gasteiger partial charge on any atom is 0.331 e. The normalized spacial score (nSPS) is 22.7. The molecule has 1 N–H and O–H groups in total. The smallest absolute Gasteiger partial charge is 0.331 e. The van der Waals surface area contributed by atoms with Crippen molar-refractivity contribution in [2.24, 2.45) is 0 Å². The minimum absolute atomic E-state index is 0.547. The molecule has 1 fully saturated rings. The standard InChI is InChI=1S/C14H25NO2/c1-3-7-13-8-5-6-10-15(13)11-9-12(4-2)14(16)17/h9,13H,3-8,10-11H2,1-2H3,(H,16,17)/b12-9-. The number of nitrogens with zero attached hydrogens (tertiary/aromatic N) is 1. The van der Waals surface area contributed by atoms with Gasteiger partial charge in [-0.15, -0.1) is 0 Å². The van der Waals surface area contributed by atoms with E-state index in [2.05, 4.69) is 11.8 Å². The Bertz CT molecular complexity index is 271. The molecule has 0 spiro atoms. The van der Waals surface area contributed by atoms with Crippen molar-refractivity contribution in [3.8, 4) is 0 Å². The molecule has 0 bridgehead atoms. The van der Waals surface area contributed by atoms with E-state index in [-0.39, 0.29) is 0 Å². The molecule has 3 nitrogen and oxygen atoms in total. The highest BCUT2D eigenvalue weighted by atomic mass is 16.4. The molecule has 1 rings (SSSR count). The van der Waals surface area contributed by atoms with Gasteiger partial charge < -0.3 is 5.11 Å². The number of hydrogen-bond acceptors (Lipinski definition) is 2. The highest BCUT2D eigenvalue weighted by Gasteiger charge is 2.20. The van der Waals surface area contributed by atoms with Gasteiger partial charge in [0.1, 0.15) is 0 Å². The van der Waals surface area contributed by atoms with Crippen molar-refractivity contribution in [3.05, 3.63) is 11.6 Å². The molecule has 1 aliphatic heterocycles. The van der Waals surface area contributed by atoms with E-state index in [1.165, 1.54) is 32.1 Å². The summed E-state index contributed by atoms with van der Waals surface area (Å²) in [4.78, 5) is 13.4. The Morgan fingerprint density at radius 1 is 1.41 bits per heavy atom. The van der Waals surface area contributed by atoms with Crippen LogP contribution >= 0.6 is 0 Å². The van der Waals surface area contributed by atoms with Crippen LogP contribution in [0.2, 0.25) is 0 Å². The molecule has 98 valence electrons. The van der Waals surface area contributed by atoms with Crippen LogP contribution in [-0.2, 0) is 4.79 Å². The lowest BCUT2D eigenvalue weighted by molar-refractivity contribution is -0.132. The zero-order valence-corrected chi connectivity index (χ0v) is 11.1. The topological polar surface area (TPSA) is 40.5 Å². The lowest BCUT2D eigenvalue weighted by atomic mass is 9.98. The number of carbonyl (C=O) groups is 1. The summed E-state index contributed by atoms with van der Waals surface area (Å²) in [5.41, 5.74) is 0.547. The molecule has 1 aliphatic rings. The van der Waals surface area contributed by atoms with Gasteiger partial charge in [-0.05, 0) is 32.2 Å². The van der Waals surface area contributed by atoms with E-state index < -0.39 is 5.97 Å². The fraction of sp³-hybridized carbons (Fsp3) is 0.786. The zero-order chi connectivity index (χ0) is 12.7. The fourth-order valence-corrected chi connectivity index (χ4v) is 2.57. The molecular weight excluding hydrogens is 214 g/mol. The van der Waals surface area contributed by atoms with Crippen LogP contribution in [0.1, 0.15) is 52.4 Å². The summed E-state index contributed by atoms with van der Waals surface area (Å²) < 4.78 is 0. The molecule has 0 aliphatic carbocycles. The van der Waals surface area contributed by atoms with Crippen LogP contribution in [0.15, 0.2) is 11.6 Å². The summed E-state index contributed by atoms with van der Waals surface area (Å²) in [6, 6.07) is 0.664. The molecule has 1 heterocycles. The highest BCUT2D eigenvalue weighted by Crippen LogP contribution is 2.20. The van der Waals surface area contributed by atoms with Gasteiger partial charge in [-0.3, -0.25) is 4.90 Å². The average molecular weight is 239 g/mol. The lowest BCUT2D eigenvalue weighted by Gasteiger charge is -2.35. The lowest BCUT2D eigenvalue weighted by Crippen LogP contribution is -2.39. The largest absolute Gasteiger partial charge is 0.478 e. The van der Waals surface area contributed by atoms with Crippen LogP contribution in [-0.4, -0.2) is 35.1 Å².